The number of methoxy groups -OCH3 is 2. The molecule has 3 N–H and O–H groups in total. The molecule has 0 aromatic heterocycles. The van der Waals surface area contributed by atoms with E-state index < -0.39 is 12.0 Å². The van der Waals surface area contributed by atoms with Crippen molar-refractivity contribution in [1.29, 1.82) is 0 Å². The summed E-state index contributed by atoms with van der Waals surface area (Å²) < 4.78 is 10.2. The summed E-state index contributed by atoms with van der Waals surface area (Å²) in [5.74, 6) is -0.920. The molecular formula is C14H18N2O5. The van der Waals surface area contributed by atoms with Crippen molar-refractivity contribution in [3.8, 4) is 5.75 Å². The highest BCUT2D eigenvalue weighted by atomic mass is 16.5. The van der Waals surface area contributed by atoms with E-state index in [9.17, 15) is 9.59 Å². The molecule has 1 fully saturated rings. The van der Waals surface area contributed by atoms with Gasteiger partial charge in [0.05, 0.1) is 30.5 Å². The number of benzene rings is 1. The van der Waals surface area contributed by atoms with Crippen molar-refractivity contribution >= 4 is 17.6 Å². The van der Waals surface area contributed by atoms with Crippen molar-refractivity contribution in [2.75, 3.05) is 26.1 Å². The molecule has 0 spiro atoms. The number of hydrogen-bond acceptors (Lipinski definition) is 5. The normalized spacial score (nSPS) is 21.0. The molecule has 7 nitrogen and oxygen atoms in total. The van der Waals surface area contributed by atoms with Gasteiger partial charge in [-0.1, -0.05) is 0 Å². The van der Waals surface area contributed by atoms with Crippen LogP contribution < -0.4 is 15.4 Å². The number of carbonyl (C=O) groups is 2. The van der Waals surface area contributed by atoms with Crippen LogP contribution in [0.1, 0.15) is 16.8 Å². The van der Waals surface area contributed by atoms with Crippen LogP contribution in [0.4, 0.5) is 5.69 Å². The van der Waals surface area contributed by atoms with Gasteiger partial charge in [-0.05, 0) is 18.6 Å². The van der Waals surface area contributed by atoms with E-state index in [4.69, 9.17) is 14.6 Å². The Balaban J connectivity index is 2.14. The lowest BCUT2D eigenvalue weighted by atomic mass is 10.1. The number of ether oxygens (including phenoxy) is 2. The van der Waals surface area contributed by atoms with Crippen LogP contribution in [0.15, 0.2) is 18.2 Å². The first-order chi connectivity index (χ1) is 10.0. The van der Waals surface area contributed by atoms with Crippen LogP contribution in [0.5, 0.6) is 5.75 Å². The van der Waals surface area contributed by atoms with Gasteiger partial charge >= 0.3 is 5.97 Å². The molecule has 1 amide bonds. The number of aromatic carboxylic acids is 1. The van der Waals surface area contributed by atoms with Crippen molar-refractivity contribution in [2.24, 2.45) is 0 Å². The predicted octanol–water partition coefficient (Wildman–Crippen LogP) is 0.709. The first kappa shape index (κ1) is 15.3. The van der Waals surface area contributed by atoms with Crippen LogP contribution in [-0.2, 0) is 9.53 Å². The minimum Gasteiger partial charge on any atom is -0.497 e. The lowest BCUT2D eigenvalue weighted by molar-refractivity contribution is -0.118. The van der Waals surface area contributed by atoms with E-state index in [1.807, 2.05) is 0 Å². The molecule has 114 valence electrons. The van der Waals surface area contributed by atoms with Gasteiger partial charge in [-0.25, -0.2) is 4.79 Å². The third-order valence-electron chi connectivity index (χ3n) is 3.46. The van der Waals surface area contributed by atoms with Gasteiger partial charge in [0.15, 0.2) is 0 Å². The summed E-state index contributed by atoms with van der Waals surface area (Å²) in [5, 5.41) is 14.8. The molecule has 1 aromatic rings. The molecule has 21 heavy (non-hydrogen) atoms. The van der Waals surface area contributed by atoms with Gasteiger partial charge in [-0.15, -0.1) is 0 Å². The summed E-state index contributed by atoms with van der Waals surface area (Å²) in [7, 11) is 3.07. The maximum Gasteiger partial charge on any atom is 0.337 e. The monoisotopic (exact) mass is 294 g/mol. The van der Waals surface area contributed by atoms with Crippen molar-refractivity contribution in [3.05, 3.63) is 23.8 Å². The van der Waals surface area contributed by atoms with Gasteiger partial charge in [0.25, 0.3) is 0 Å². The quantitative estimate of drug-likeness (QED) is 0.740. The number of nitrogens with one attached hydrogen (secondary N) is 2. The van der Waals surface area contributed by atoms with Crippen LogP contribution in [0.25, 0.3) is 0 Å². The summed E-state index contributed by atoms with van der Waals surface area (Å²) >= 11 is 0. The van der Waals surface area contributed by atoms with Crippen molar-refractivity contribution in [1.82, 2.24) is 5.32 Å². The van der Waals surface area contributed by atoms with E-state index in [1.54, 1.807) is 7.11 Å². The maximum absolute atomic E-state index is 12.2. The summed E-state index contributed by atoms with van der Waals surface area (Å²) in [6, 6.07) is 4.03. The Morgan fingerprint density at radius 1 is 1.38 bits per heavy atom. The number of anilines is 1. The highest BCUT2D eigenvalue weighted by Crippen LogP contribution is 2.23. The summed E-state index contributed by atoms with van der Waals surface area (Å²) in [6.07, 6.45) is 0.541. The zero-order valence-electron chi connectivity index (χ0n) is 11.9. The Hall–Kier alpha value is -2.12. The Bertz CT molecular complexity index is 546. The van der Waals surface area contributed by atoms with E-state index in [2.05, 4.69) is 10.6 Å². The number of rotatable bonds is 5. The SMILES string of the molecule is COc1ccc(C(=O)O)c(NC(=O)C2CC(OC)CN2)c1. The van der Waals surface area contributed by atoms with Crippen molar-refractivity contribution in [3.63, 3.8) is 0 Å². The second-order valence-electron chi connectivity index (χ2n) is 4.76. The summed E-state index contributed by atoms with van der Waals surface area (Å²) in [5.41, 5.74) is 0.236. The van der Waals surface area contributed by atoms with Gasteiger partial charge in [0.1, 0.15) is 5.75 Å². The maximum atomic E-state index is 12.2. The van der Waals surface area contributed by atoms with Gasteiger partial charge in [0.2, 0.25) is 5.91 Å². The number of amides is 1. The van der Waals surface area contributed by atoms with Crippen molar-refractivity contribution < 1.29 is 24.2 Å². The van der Waals surface area contributed by atoms with E-state index >= 15 is 0 Å². The van der Waals surface area contributed by atoms with Gasteiger partial charge in [0, 0.05) is 19.7 Å². The van der Waals surface area contributed by atoms with Crippen LogP contribution in [0, 0.1) is 0 Å². The zero-order chi connectivity index (χ0) is 15.4. The van der Waals surface area contributed by atoms with E-state index in [0.717, 1.165) is 0 Å². The molecule has 1 aromatic carbocycles. The van der Waals surface area contributed by atoms with Gasteiger partial charge in [-0.2, -0.15) is 0 Å². The first-order valence-electron chi connectivity index (χ1n) is 6.53. The van der Waals surface area contributed by atoms with E-state index in [0.29, 0.717) is 18.7 Å². The molecule has 2 unspecified atom stereocenters. The fraction of sp³-hybridized carbons (Fsp3) is 0.429. The fourth-order valence-corrected chi connectivity index (χ4v) is 2.24. The third kappa shape index (κ3) is 3.50. The molecule has 0 radical (unpaired) electrons. The average Bonchev–Trinajstić information content (AvgIpc) is 2.95. The van der Waals surface area contributed by atoms with E-state index in [1.165, 1.54) is 25.3 Å². The molecular weight excluding hydrogens is 276 g/mol. The lowest BCUT2D eigenvalue weighted by Crippen LogP contribution is -2.35. The lowest BCUT2D eigenvalue weighted by Gasteiger charge is -2.14. The smallest absolute Gasteiger partial charge is 0.337 e. The van der Waals surface area contributed by atoms with Crippen LogP contribution in [-0.4, -0.2) is 49.9 Å². The van der Waals surface area contributed by atoms with E-state index in [-0.39, 0.29) is 23.3 Å². The molecule has 0 bridgehead atoms. The largest absolute Gasteiger partial charge is 0.497 e. The zero-order valence-corrected chi connectivity index (χ0v) is 11.9. The molecule has 2 atom stereocenters. The van der Waals surface area contributed by atoms with Gasteiger partial charge < -0.3 is 25.2 Å². The predicted molar refractivity (Wildman–Crippen MR) is 75.8 cm³/mol. The number of carboxylic acid groups (broad SMARTS) is 1. The second kappa shape index (κ2) is 6.55. The second-order valence-corrected chi connectivity index (χ2v) is 4.76. The van der Waals surface area contributed by atoms with Crippen molar-refractivity contribution in [2.45, 2.75) is 18.6 Å². The molecule has 1 aliphatic rings. The highest BCUT2D eigenvalue weighted by Gasteiger charge is 2.30. The summed E-state index contributed by atoms with van der Waals surface area (Å²) in [4.78, 5) is 23.4. The third-order valence-corrected chi connectivity index (χ3v) is 3.46. The number of hydrogen-bond donors (Lipinski definition) is 3. The average molecular weight is 294 g/mol. The van der Waals surface area contributed by atoms with Gasteiger partial charge in [-0.3, -0.25) is 4.79 Å². The summed E-state index contributed by atoms with van der Waals surface area (Å²) in [6.45, 7) is 0.596. The minimum atomic E-state index is -1.11. The molecule has 2 rings (SSSR count). The standard InChI is InChI=1S/C14H18N2O5/c1-20-8-3-4-10(14(18)19)11(5-8)16-13(17)12-6-9(21-2)7-15-12/h3-5,9,12,15H,6-7H2,1-2H3,(H,16,17)(H,18,19). The Morgan fingerprint density at radius 3 is 2.71 bits per heavy atom. The Kier molecular flexibility index (Phi) is 4.77. The van der Waals surface area contributed by atoms with Crippen LogP contribution in [0.3, 0.4) is 0 Å². The highest BCUT2D eigenvalue weighted by molar-refractivity contribution is 6.02. The molecule has 0 saturated carbocycles. The first-order valence-corrected chi connectivity index (χ1v) is 6.53. The topological polar surface area (TPSA) is 96.9 Å². The molecule has 0 aliphatic carbocycles. The Labute approximate surface area is 122 Å². The molecule has 1 heterocycles. The molecule has 7 heteroatoms. The van der Waals surface area contributed by atoms with Crippen LogP contribution >= 0.6 is 0 Å². The fourth-order valence-electron chi connectivity index (χ4n) is 2.24. The number of carboxylic acids is 1. The van der Waals surface area contributed by atoms with Crippen LogP contribution in [0.2, 0.25) is 0 Å². The molecule has 1 aliphatic heterocycles. The molecule has 1 saturated heterocycles. The number of carbonyl (C=O) groups excluding carboxylic acids is 1. The Morgan fingerprint density at radius 2 is 2.14 bits per heavy atom. The minimum absolute atomic E-state index is 0.00926.